The van der Waals surface area contributed by atoms with E-state index in [9.17, 15) is 9.18 Å². The molecule has 212 valence electrons. The van der Waals surface area contributed by atoms with Crippen molar-refractivity contribution in [1.29, 1.82) is 0 Å². The molecule has 5 rings (SSSR count). The number of aryl methyl sites for hydroxylation is 1. The Hall–Kier alpha value is -2.75. The lowest BCUT2D eigenvalue weighted by Crippen LogP contribution is -2.34. The topological polar surface area (TPSA) is 84.6 Å². The first-order valence-corrected chi connectivity index (χ1v) is 15.0. The van der Waals surface area contributed by atoms with Gasteiger partial charge in [0.1, 0.15) is 11.9 Å². The lowest BCUT2D eigenvalue weighted by Gasteiger charge is -2.30. The van der Waals surface area contributed by atoms with Crippen molar-refractivity contribution in [3.8, 4) is 0 Å². The van der Waals surface area contributed by atoms with Gasteiger partial charge in [-0.25, -0.2) is 9.37 Å². The smallest absolute Gasteiger partial charge is 0.324 e. The van der Waals surface area contributed by atoms with Crippen molar-refractivity contribution in [3.05, 3.63) is 45.9 Å². The van der Waals surface area contributed by atoms with Crippen LogP contribution in [0.2, 0.25) is 0 Å². The number of alkyl halides is 1. The Morgan fingerprint density at radius 2 is 2.10 bits per heavy atom. The molecule has 3 aliphatic rings. The van der Waals surface area contributed by atoms with E-state index in [4.69, 9.17) is 9.26 Å². The van der Waals surface area contributed by atoms with Crippen molar-refractivity contribution < 1.29 is 18.4 Å². The Kier molecular flexibility index (Phi) is 8.69. The first-order chi connectivity index (χ1) is 18.8. The third kappa shape index (κ3) is 7.07. The first kappa shape index (κ1) is 27.8. The zero-order chi connectivity index (χ0) is 27.5. The quantitative estimate of drug-likeness (QED) is 0.352. The molecular weight excluding hydrogens is 517 g/mol. The number of nitrogens with zero attached hydrogens (tertiary/aromatic N) is 5. The fourth-order valence-corrected chi connectivity index (χ4v) is 6.33. The summed E-state index contributed by atoms with van der Waals surface area (Å²) in [4.78, 5) is 25.4. The summed E-state index contributed by atoms with van der Waals surface area (Å²) < 4.78 is 26.2. The Morgan fingerprint density at radius 3 is 2.77 bits per heavy atom. The highest BCUT2D eigenvalue weighted by Crippen LogP contribution is 2.50. The fraction of sp³-hybridized carbons (Fsp3) is 0.655. The van der Waals surface area contributed by atoms with Crippen molar-refractivity contribution in [3.63, 3.8) is 0 Å². The van der Waals surface area contributed by atoms with Gasteiger partial charge >= 0.3 is 6.01 Å². The minimum absolute atomic E-state index is 0.0845. The van der Waals surface area contributed by atoms with E-state index in [0.29, 0.717) is 30.8 Å². The van der Waals surface area contributed by atoms with Gasteiger partial charge in [-0.15, -0.1) is 11.3 Å². The standard InChI is InChI=1S/C29H40FN5O3S/c1-18(2)28-32-29(38-33-28)35-10-7-20(8-11-35)25-13-21(25)9-12-37-24-6-5-22(26(30)15-24)14-27(36)34(4)16-23-17-39-19(3)31-23/h5-6,15,17-18,20-22,25-26H,7-14,16H2,1-4H3/t21-,22?,25-,26?/m1/s1. The molecular formula is C29H40FN5O3S. The Balaban J connectivity index is 0.985. The van der Waals surface area contributed by atoms with Crippen molar-refractivity contribution in [2.75, 3.05) is 31.6 Å². The molecule has 1 saturated carbocycles. The summed E-state index contributed by atoms with van der Waals surface area (Å²) in [5.41, 5.74) is 0.868. The number of halogens is 1. The van der Waals surface area contributed by atoms with E-state index in [1.54, 1.807) is 29.4 Å². The summed E-state index contributed by atoms with van der Waals surface area (Å²) >= 11 is 1.56. The average molecular weight is 558 g/mol. The van der Waals surface area contributed by atoms with E-state index in [1.165, 1.54) is 12.5 Å². The van der Waals surface area contributed by atoms with Gasteiger partial charge in [-0.3, -0.25) is 4.79 Å². The normalized spacial score (nSPS) is 25.2. The zero-order valence-electron chi connectivity index (χ0n) is 23.4. The molecule has 3 heterocycles. The molecule has 0 aromatic carbocycles. The maximum atomic E-state index is 14.8. The number of rotatable bonds is 11. The molecule has 2 aliphatic carbocycles. The van der Waals surface area contributed by atoms with Gasteiger partial charge in [0.15, 0.2) is 5.82 Å². The second-order valence-corrected chi connectivity index (χ2v) is 12.6. The van der Waals surface area contributed by atoms with E-state index in [0.717, 1.165) is 60.7 Å². The highest BCUT2D eigenvalue weighted by molar-refractivity contribution is 7.09. The highest BCUT2D eigenvalue weighted by Gasteiger charge is 2.43. The second kappa shape index (κ2) is 12.2. The number of hydrogen-bond acceptors (Lipinski definition) is 8. The van der Waals surface area contributed by atoms with Crippen LogP contribution in [0, 0.1) is 30.6 Å². The van der Waals surface area contributed by atoms with Crippen LogP contribution in [0.5, 0.6) is 0 Å². The van der Waals surface area contributed by atoms with Gasteiger partial charge in [-0.2, -0.15) is 4.98 Å². The molecule has 2 fully saturated rings. The highest BCUT2D eigenvalue weighted by atomic mass is 32.1. The molecule has 1 aliphatic heterocycles. The molecule has 1 amide bonds. The molecule has 4 atom stereocenters. The number of amides is 1. The van der Waals surface area contributed by atoms with Crippen LogP contribution in [0.25, 0.3) is 0 Å². The van der Waals surface area contributed by atoms with Crippen molar-refractivity contribution in [2.45, 2.75) is 71.5 Å². The average Bonchev–Trinajstić information content (AvgIpc) is 3.29. The molecule has 0 spiro atoms. The summed E-state index contributed by atoms with van der Waals surface area (Å²) in [6, 6.07) is 0.655. The van der Waals surface area contributed by atoms with Gasteiger partial charge in [-0.1, -0.05) is 25.1 Å². The van der Waals surface area contributed by atoms with Gasteiger partial charge < -0.3 is 19.1 Å². The van der Waals surface area contributed by atoms with Crippen LogP contribution >= 0.6 is 11.3 Å². The monoisotopic (exact) mass is 557 g/mol. The van der Waals surface area contributed by atoms with Crippen LogP contribution in [0.4, 0.5) is 10.4 Å². The molecule has 10 heteroatoms. The molecule has 8 nitrogen and oxygen atoms in total. The fourth-order valence-electron chi connectivity index (χ4n) is 5.72. The van der Waals surface area contributed by atoms with Gasteiger partial charge in [0.25, 0.3) is 0 Å². The number of carbonyl (C=O) groups excluding carboxylic acids is 1. The minimum atomic E-state index is -1.22. The molecule has 0 bridgehead atoms. The lowest BCUT2D eigenvalue weighted by atomic mass is 9.90. The number of thiazole rings is 1. The van der Waals surface area contributed by atoms with Crippen LogP contribution in [0.1, 0.15) is 68.4 Å². The van der Waals surface area contributed by atoms with E-state index >= 15 is 0 Å². The summed E-state index contributed by atoms with van der Waals surface area (Å²) in [6.07, 6.45) is 8.58. The Bertz CT molecular complexity index is 1190. The largest absolute Gasteiger partial charge is 0.494 e. The van der Waals surface area contributed by atoms with Crippen molar-refractivity contribution >= 4 is 23.3 Å². The molecule has 2 unspecified atom stereocenters. The second-order valence-electron chi connectivity index (χ2n) is 11.6. The van der Waals surface area contributed by atoms with E-state index in [-0.39, 0.29) is 18.2 Å². The molecule has 0 N–H and O–H groups in total. The molecule has 39 heavy (non-hydrogen) atoms. The Labute approximate surface area is 234 Å². The number of aromatic nitrogens is 3. The van der Waals surface area contributed by atoms with Crippen molar-refractivity contribution in [1.82, 2.24) is 20.0 Å². The molecule has 2 aromatic heterocycles. The summed E-state index contributed by atoms with van der Waals surface area (Å²) in [6.45, 7) is 9.05. The van der Waals surface area contributed by atoms with Crippen LogP contribution in [0.3, 0.4) is 0 Å². The maximum absolute atomic E-state index is 14.8. The van der Waals surface area contributed by atoms with Crippen LogP contribution < -0.4 is 4.90 Å². The van der Waals surface area contributed by atoms with E-state index in [2.05, 4.69) is 33.9 Å². The molecule has 1 saturated heterocycles. The summed E-state index contributed by atoms with van der Waals surface area (Å²) in [5.74, 6) is 3.25. The van der Waals surface area contributed by atoms with Crippen LogP contribution in [0.15, 0.2) is 33.9 Å². The number of hydrogen-bond donors (Lipinski definition) is 0. The molecule has 2 aromatic rings. The number of ether oxygens (including phenoxy) is 1. The Morgan fingerprint density at radius 1 is 1.31 bits per heavy atom. The predicted octanol–water partition coefficient (Wildman–Crippen LogP) is 5.67. The predicted molar refractivity (Wildman–Crippen MR) is 149 cm³/mol. The maximum Gasteiger partial charge on any atom is 0.324 e. The van der Waals surface area contributed by atoms with Gasteiger partial charge in [0.2, 0.25) is 5.91 Å². The van der Waals surface area contributed by atoms with E-state index in [1.807, 2.05) is 18.4 Å². The van der Waals surface area contributed by atoms with Gasteiger partial charge in [0, 0.05) is 43.8 Å². The number of allylic oxidation sites excluding steroid dienone is 3. The number of anilines is 1. The SMILES string of the molecule is Cc1nc(CN(C)C(=O)CC2C=CC(OCC[C@@H]3C[C@@H]3C3CCN(c4nc(C(C)C)no4)CC3)=CC2F)cs1. The van der Waals surface area contributed by atoms with Gasteiger partial charge in [-0.05, 0) is 62.5 Å². The third-order valence-corrected chi connectivity index (χ3v) is 9.06. The number of carbonyl (C=O) groups is 1. The summed E-state index contributed by atoms with van der Waals surface area (Å²) in [5, 5.41) is 7.02. The molecule has 0 radical (unpaired) electrons. The lowest BCUT2D eigenvalue weighted by molar-refractivity contribution is -0.131. The van der Waals surface area contributed by atoms with Crippen molar-refractivity contribution in [2.24, 2.45) is 23.7 Å². The van der Waals surface area contributed by atoms with Crippen LogP contribution in [-0.4, -0.2) is 58.8 Å². The third-order valence-electron chi connectivity index (χ3n) is 8.24. The first-order valence-electron chi connectivity index (χ1n) is 14.2. The van der Waals surface area contributed by atoms with Gasteiger partial charge in [0.05, 0.1) is 23.9 Å². The minimum Gasteiger partial charge on any atom is -0.494 e. The zero-order valence-corrected chi connectivity index (χ0v) is 24.2. The van der Waals surface area contributed by atoms with Crippen LogP contribution in [-0.2, 0) is 16.1 Å². The number of piperidine rings is 1. The van der Waals surface area contributed by atoms with E-state index < -0.39 is 12.1 Å². The summed E-state index contributed by atoms with van der Waals surface area (Å²) in [7, 11) is 1.74.